The van der Waals surface area contributed by atoms with Crippen LogP contribution in [0.5, 0.6) is 5.75 Å². The molecule has 186 valence electrons. The Morgan fingerprint density at radius 1 is 0.865 bits per heavy atom. The first-order valence-electron chi connectivity index (χ1n) is 12.4. The van der Waals surface area contributed by atoms with E-state index in [2.05, 4.69) is 57.3 Å². The zero-order valence-electron chi connectivity index (χ0n) is 20.6. The van der Waals surface area contributed by atoms with Crippen molar-refractivity contribution >= 4 is 29.6 Å². The van der Waals surface area contributed by atoms with Crippen molar-refractivity contribution in [1.82, 2.24) is 4.90 Å². The summed E-state index contributed by atoms with van der Waals surface area (Å²) in [6.45, 7) is 5.16. The minimum absolute atomic E-state index is 0.462. The first kappa shape index (κ1) is 24.3. The van der Waals surface area contributed by atoms with Crippen LogP contribution in [0, 0.1) is 0 Å². The van der Waals surface area contributed by atoms with Gasteiger partial charge in [0.25, 0.3) is 0 Å². The molecule has 0 aliphatic carbocycles. The topological polar surface area (TPSA) is 58.3 Å². The van der Waals surface area contributed by atoms with E-state index in [4.69, 9.17) is 9.15 Å². The largest absolute Gasteiger partial charge is 0.465 e. The fourth-order valence-corrected chi connectivity index (χ4v) is 4.21. The fourth-order valence-electron chi connectivity index (χ4n) is 4.21. The maximum absolute atomic E-state index is 12.0. The van der Waals surface area contributed by atoms with Crippen molar-refractivity contribution in [1.29, 1.82) is 0 Å². The Hall–Kier alpha value is -4.42. The van der Waals surface area contributed by atoms with Gasteiger partial charge in [0.2, 0.25) is 0 Å². The van der Waals surface area contributed by atoms with Gasteiger partial charge in [-0.2, -0.15) is 0 Å². The van der Waals surface area contributed by atoms with Crippen molar-refractivity contribution in [2.45, 2.75) is 6.54 Å². The molecule has 0 atom stereocenters. The van der Waals surface area contributed by atoms with Crippen LogP contribution in [0.2, 0.25) is 0 Å². The van der Waals surface area contributed by atoms with E-state index < -0.39 is 5.97 Å². The zero-order valence-corrected chi connectivity index (χ0v) is 20.6. The van der Waals surface area contributed by atoms with E-state index in [-0.39, 0.29) is 0 Å². The summed E-state index contributed by atoms with van der Waals surface area (Å²) in [5.41, 5.74) is 4.41. The van der Waals surface area contributed by atoms with Gasteiger partial charge in [-0.05, 0) is 77.9 Å². The van der Waals surface area contributed by atoms with E-state index in [9.17, 15) is 4.79 Å². The van der Waals surface area contributed by atoms with E-state index in [0.717, 1.165) is 44.0 Å². The smallest absolute Gasteiger partial charge is 0.336 e. The van der Waals surface area contributed by atoms with Gasteiger partial charge in [-0.3, -0.25) is 9.89 Å². The van der Waals surface area contributed by atoms with E-state index in [1.165, 1.54) is 17.3 Å². The molecule has 0 unspecified atom stereocenters. The number of hydrogen-bond donors (Lipinski definition) is 0. The number of anilines is 1. The number of carbonyl (C=O) groups excluding carboxylic acids is 1. The van der Waals surface area contributed by atoms with Crippen molar-refractivity contribution in [2.24, 2.45) is 4.99 Å². The predicted octanol–water partition coefficient (Wildman–Crippen LogP) is 5.97. The number of nitrogens with zero attached hydrogens (tertiary/aromatic N) is 3. The molecular formula is C31H29N3O3. The Bertz CT molecular complexity index is 1320. The molecule has 6 nitrogen and oxygen atoms in total. The van der Waals surface area contributed by atoms with E-state index in [1.807, 2.05) is 24.3 Å². The molecule has 0 bridgehead atoms. The molecule has 5 rings (SSSR count). The highest BCUT2D eigenvalue weighted by Gasteiger charge is 2.17. The number of benzene rings is 3. The minimum atomic E-state index is -0.462. The predicted molar refractivity (Wildman–Crippen MR) is 147 cm³/mol. The van der Waals surface area contributed by atoms with Gasteiger partial charge in [0, 0.05) is 50.7 Å². The summed E-state index contributed by atoms with van der Waals surface area (Å²) in [5.74, 6) is 0.605. The second-order valence-electron chi connectivity index (χ2n) is 8.86. The average Bonchev–Trinajstić information content (AvgIpc) is 3.47. The molecular weight excluding hydrogens is 462 g/mol. The number of furan rings is 1. The SMILES string of the molecule is O=C(C=Cc1ccco1)Oc1ccc(C=Nc2ccc(N3CCN(Cc4ccccc4)CC3)cc2)cc1. The number of aliphatic imine (C=N–C) groups is 1. The summed E-state index contributed by atoms with van der Waals surface area (Å²) in [4.78, 5) is 21.5. The van der Waals surface area contributed by atoms with E-state index in [1.54, 1.807) is 42.8 Å². The Kier molecular flexibility index (Phi) is 7.88. The molecule has 0 saturated carbocycles. The molecule has 1 fully saturated rings. The van der Waals surface area contributed by atoms with E-state index in [0.29, 0.717) is 11.5 Å². The quantitative estimate of drug-likeness (QED) is 0.132. The molecule has 0 N–H and O–H groups in total. The molecule has 4 aromatic rings. The van der Waals surface area contributed by atoms with Crippen LogP contribution >= 0.6 is 0 Å². The van der Waals surface area contributed by atoms with Crippen molar-refractivity contribution in [3.05, 3.63) is 120 Å². The van der Waals surface area contributed by atoms with Crippen molar-refractivity contribution in [2.75, 3.05) is 31.1 Å². The Balaban J connectivity index is 1.09. The molecule has 1 saturated heterocycles. The van der Waals surface area contributed by atoms with Crippen LogP contribution in [-0.4, -0.2) is 43.3 Å². The lowest BCUT2D eigenvalue weighted by molar-refractivity contribution is -0.128. The van der Waals surface area contributed by atoms with Crippen LogP contribution in [0.3, 0.4) is 0 Å². The van der Waals surface area contributed by atoms with Gasteiger partial charge in [-0.1, -0.05) is 30.3 Å². The van der Waals surface area contributed by atoms with Crippen LogP contribution < -0.4 is 9.64 Å². The number of hydrogen-bond acceptors (Lipinski definition) is 6. The zero-order chi connectivity index (χ0) is 25.3. The molecule has 37 heavy (non-hydrogen) atoms. The van der Waals surface area contributed by atoms with Crippen LogP contribution in [0.1, 0.15) is 16.9 Å². The number of piperazine rings is 1. The molecule has 0 spiro atoms. The van der Waals surface area contributed by atoms with Gasteiger partial charge in [-0.25, -0.2) is 4.79 Å². The lowest BCUT2D eigenvalue weighted by Crippen LogP contribution is -2.45. The second kappa shape index (κ2) is 12.0. The van der Waals surface area contributed by atoms with Gasteiger partial charge >= 0.3 is 5.97 Å². The monoisotopic (exact) mass is 491 g/mol. The van der Waals surface area contributed by atoms with Gasteiger partial charge in [0.1, 0.15) is 11.5 Å². The maximum Gasteiger partial charge on any atom is 0.336 e. The number of ether oxygens (including phenoxy) is 1. The van der Waals surface area contributed by atoms with Crippen molar-refractivity contribution in [3.8, 4) is 5.75 Å². The molecule has 1 aliphatic rings. The van der Waals surface area contributed by atoms with Gasteiger partial charge < -0.3 is 14.1 Å². The number of esters is 1. The molecule has 2 heterocycles. The Labute approximate surface area is 217 Å². The third kappa shape index (κ3) is 7.06. The summed E-state index contributed by atoms with van der Waals surface area (Å²) in [7, 11) is 0. The molecule has 0 amide bonds. The highest BCUT2D eigenvalue weighted by Crippen LogP contribution is 2.22. The molecule has 1 aliphatic heterocycles. The third-order valence-electron chi connectivity index (χ3n) is 6.22. The van der Waals surface area contributed by atoms with Crippen LogP contribution in [0.25, 0.3) is 6.08 Å². The second-order valence-corrected chi connectivity index (χ2v) is 8.86. The maximum atomic E-state index is 12.0. The van der Waals surface area contributed by atoms with Gasteiger partial charge in [0.05, 0.1) is 12.0 Å². The van der Waals surface area contributed by atoms with Crippen molar-refractivity contribution in [3.63, 3.8) is 0 Å². The summed E-state index contributed by atoms with van der Waals surface area (Å²) in [6.07, 6.45) is 6.26. The summed E-state index contributed by atoms with van der Waals surface area (Å²) >= 11 is 0. The lowest BCUT2D eigenvalue weighted by Gasteiger charge is -2.36. The van der Waals surface area contributed by atoms with Crippen LogP contribution in [-0.2, 0) is 11.3 Å². The summed E-state index contributed by atoms with van der Waals surface area (Å²) in [6, 6.07) is 29.8. The Morgan fingerprint density at radius 2 is 1.62 bits per heavy atom. The molecule has 3 aromatic carbocycles. The highest BCUT2D eigenvalue weighted by molar-refractivity contribution is 5.88. The van der Waals surface area contributed by atoms with Crippen LogP contribution in [0.4, 0.5) is 11.4 Å². The molecule has 6 heteroatoms. The van der Waals surface area contributed by atoms with Crippen LogP contribution in [0.15, 0.2) is 113 Å². The number of carbonyl (C=O) groups is 1. The normalized spacial score (nSPS) is 14.4. The summed E-state index contributed by atoms with van der Waals surface area (Å²) < 4.78 is 10.5. The minimum Gasteiger partial charge on any atom is -0.465 e. The number of rotatable bonds is 8. The Morgan fingerprint density at radius 3 is 2.32 bits per heavy atom. The average molecular weight is 492 g/mol. The molecule has 1 aromatic heterocycles. The molecule has 0 radical (unpaired) electrons. The lowest BCUT2D eigenvalue weighted by atomic mass is 10.2. The van der Waals surface area contributed by atoms with Crippen molar-refractivity contribution < 1.29 is 13.9 Å². The standard InChI is InChI=1S/C31H29N3O3/c35-31(17-16-29-7-4-22-36-29)37-30-14-8-25(9-15-30)23-32-27-10-12-28(13-11-27)34-20-18-33(19-21-34)24-26-5-2-1-3-6-26/h1-17,22-23H,18-21,24H2. The van der Waals surface area contributed by atoms with Gasteiger partial charge in [-0.15, -0.1) is 0 Å². The van der Waals surface area contributed by atoms with Gasteiger partial charge in [0.15, 0.2) is 0 Å². The van der Waals surface area contributed by atoms with E-state index >= 15 is 0 Å². The fraction of sp³-hybridized carbons (Fsp3) is 0.161. The third-order valence-corrected chi connectivity index (χ3v) is 6.22. The summed E-state index contributed by atoms with van der Waals surface area (Å²) in [5, 5.41) is 0. The first-order valence-corrected chi connectivity index (χ1v) is 12.4. The first-order chi connectivity index (χ1) is 18.2. The highest BCUT2D eigenvalue weighted by atomic mass is 16.5.